The molecular weight excluding hydrogens is 398 g/mol. The minimum atomic E-state index is -0.955. The summed E-state index contributed by atoms with van der Waals surface area (Å²) in [4.78, 5) is 57.9. The Balaban J connectivity index is 2.16. The average molecular weight is 413 g/mol. The second-order valence-electron chi connectivity index (χ2n) is 6.28. The van der Waals surface area contributed by atoms with E-state index in [1.165, 1.54) is 13.0 Å². The summed E-state index contributed by atoms with van der Waals surface area (Å²) in [6.07, 6.45) is 1.12. The molecule has 0 fully saturated rings. The lowest BCUT2D eigenvalue weighted by Gasteiger charge is -2.10. The number of nitrogens with one attached hydrogen (secondary N) is 1. The Morgan fingerprint density at radius 1 is 1.23 bits per heavy atom. The van der Waals surface area contributed by atoms with Gasteiger partial charge in [0.15, 0.2) is 0 Å². The van der Waals surface area contributed by atoms with E-state index in [-0.39, 0.29) is 23.6 Å². The molecule has 0 aliphatic heterocycles. The molecule has 0 aliphatic carbocycles. The SMILES string of the molecule is COC(=O)c1cc([N+](=O)[O-])c(=O)n(Cc2cc(=O)oc3cc(NC(C)=O)ccc23)c1. The molecule has 1 amide bonds. The van der Waals surface area contributed by atoms with E-state index in [1.54, 1.807) is 12.1 Å². The molecule has 3 aromatic rings. The maximum Gasteiger partial charge on any atom is 0.339 e. The molecule has 30 heavy (non-hydrogen) atoms. The van der Waals surface area contributed by atoms with E-state index in [9.17, 15) is 29.3 Å². The van der Waals surface area contributed by atoms with Gasteiger partial charge in [0.25, 0.3) is 0 Å². The molecule has 2 heterocycles. The van der Waals surface area contributed by atoms with E-state index in [0.29, 0.717) is 16.6 Å². The number of carbonyl (C=O) groups is 2. The molecule has 0 radical (unpaired) electrons. The third kappa shape index (κ3) is 4.09. The van der Waals surface area contributed by atoms with Crippen LogP contribution >= 0.6 is 0 Å². The molecule has 11 nitrogen and oxygen atoms in total. The third-order valence-electron chi connectivity index (χ3n) is 4.18. The summed E-state index contributed by atoms with van der Waals surface area (Å²) < 4.78 is 10.7. The van der Waals surface area contributed by atoms with Crippen molar-refractivity contribution < 1.29 is 23.7 Å². The monoisotopic (exact) mass is 413 g/mol. The molecule has 3 rings (SSSR count). The molecule has 0 aliphatic rings. The second-order valence-corrected chi connectivity index (χ2v) is 6.28. The fourth-order valence-electron chi connectivity index (χ4n) is 2.92. The highest BCUT2D eigenvalue weighted by Crippen LogP contribution is 2.22. The molecule has 2 aromatic heterocycles. The summed E-state index contributed by atoms with van der Waals surface area (Å²) in [5.41, 5.74) is -1.80. The summed E-state index contributed by atoms with van der Waals surface area (Å²) in [5.74, 6) is -1.17. The number of nitro groups is 1. The Bertz CT molecular complexity index is 1310. The molecule has 0 unspecified atom stereocenters. The molecule has 0 spiro atoms. The van der Waals surface area contributed by atoms with Gasteiger partial charge in [0.1, 0.15) is 5.58 Å². The molecule has 0 bridgehead atoms. The van der Waals surface area contributed by atoms with Crippen LogP contribution in [-0.4, -0.2) is 28.5 Å². The van der Waals surface area contributed by atoms with E-state index >= 15 is 0 Å². The molecule has 0 saturated heterocycles. The van der Waals surface area contributed by atoms with E-state index in [0.717, 1.165) is 30.0 Å². The molecular formula is C19H15N3O8. The first-order valence-electron chi connectivity index (χ1n) is 8.51. The highest BCUT2D eigenvalue weighted by atomic mass is 16.6. The molecule has 1 aromatic carbocycles. The van der Waals surface area contributed by atoms with Crippen LogP contribution in [0.4, 0.5) is 11.4 Å². The number of hydrogen-bond acceptors (Lipinski definition) is 8. The van der Waals surface area contributed by atoms with Gasteiger partial charge in [-0.2, -0.15) is 0 Å². The number of amides is 1. The van der Waals surface area contributed by atoms with Crippen molar-refractivity contribution >= 4 is 34.2 Å². The Kier molecular flexibility index (Phi) is 5.45. The average Bonchev–Trinajstić information content (AvgIpc) is 2.67. The number of hydrogen-bond donors (Lipinski definition) is 1. The van der Waals surface area contributed by atoms with Crippen LogP contribution in [0.5, 0.6) is 0 Å². The summed E-state index contributed by atoms with van der Waals surface area (Å²) in [6.45, 7) is 1.08. The molecule has 0 saturated carbocycles. The number of aromatic nitrogens is 1. The zero-order chi connectivity index (χ0) is 22.0. The quantitative estimate of drug-likeness (QED) is 0.287. The second kappa shape index (κ2) is 7.99. The molecule has 0 atom stereocenters. The van der Waals surface area contributed by atoms with Gasteiger partial charge in [-0.1, -0.05) is 0 Å². The zero-order valence-electron chi connectivity index (χ0n) is 15.8. The topological polar surface area (TPSA) is 151 Å². The number of pyridine rings is 1. The largest absolute Gasteiger partial charge is 0.465 e. The number of anilines is 1. The Hall–Kier alpha value is -4.28. The number of nitrogens with zero attached hydrogens (tertiary/aromatic N) is 2. The standard InChI is InChI=1S/C19H15N3O8/c1-10(23)20-13-3-4-14-11(6-17(24)30-16(14)7-13)8-21-9-12(19(26)29-2)5-15(18(21)25)22(27)28/h3-7,9H,8H2,1-2H3,(H,20,23). The minimum Gasteiger partial charge on any atom is -0.465 e. The fraction of sp³-hybridized carbons (Fsp3) is 0.158. The van der Waals surface area contributed by atoms with Gasteiger partial charge in [0.2, 0.25) is 5.91 Å². The number of methoxy groups -OCH3 is 1. The smallest absolute Gasteiger partial charge is 0.339 e. The van der Waals surface area contributed by atoms with Crippen LogP contribution in [0.3, 0.4) is 0 Å². The van der Waals surface area contributed by atoms with Crippen LogP contribution in [0.1, 0.15) is 22.8 Å². The predicted molar refractivity (Wildman–Crippen MR) is 105 cm³/mol. The summed E-state index contributed by atoms with van der Waals surface area (Å²) in [6, 6.07) is 6.56. The van der Waals surface area contributed by atoms with Crippen molar-refractivity contribution in [3.8, 4) is 0 Å². The third-order valence-corrected chi connectivity index (χ3v) is 4.18. The van der Waals surface area contributed by atoms with Gasteiger partial charge in [-0.05, 0) is 17.7 Å². The van der Waals surface area contributed by atoms with Crippen molar-refractivity contribution in [2.24, 2.45) is 0 Å². The van der Waals surface area contributed by atoms with E-state index in [2.05, 4.69) is 10.1 Å². The van der Waals surface area contributed by atoms with Gasteiger partial charge in [-0.25, -0.2) is 9.59 Å². The Morgan fingerprint density at radius 2 is 1.97 bits per heavy atom. The van der Waals surface area contributed by atoms with Crippen LogP contribution in [0, 0.1) is 10.1 Å². The van der Waals surface area contributed by atoms with Gasteiger partial charge in [-0.3, -0.25) is 19.7 Å². The minimum absolute atomic E-state index is 0.149. The van der Waals surface area contributed by atoms with Crippen molar-refractivity contribution in [2.75, 3.05) is 12.4 Å². The normalized spacial score (nSPS) is 10.6. The summed E-state index contributed by atoms with van der Waals surface area (Å²) in [7, 11) is 1.10. The van der Waals surface area contributed by atoms with Gasteiger partial charge in [0, 0.05) is 42.4 Å². The Morgan fingerprint density at radius 3 is 2.60 bits per heavy atom. The van der Waals surface area contributed by atoms with Crippen LogP contribution < -0.4 is 16.5 Å². The number of ether oxygens (including phenoxy) is 1. The van der Waals surface area contributed by atoms with Crippen molar-refractivity contribution in [3.63, 3.8) is 0 Å². The first-order valence-corrected chi connectivity index (χ1v) is 8.51. The Labute approximate surface area is 167 Å². The van der Waals surface area contributed by atoms with E-state index in [1.807, 2.05) is 0 Å². The van der Waals surface area contributed by atoms with Gasteiger partial charge in [0.05, 0.1) is 24.1 Å². The van der Waals surface area contributed by atoms with Gasteiger partial charge < -0.3 is 19.0 Å². The van der Waals surface area contributed by atoms with Crippen molar-refractivity contribution in [1.29, 1.82) is 0 Å². The van der Waals surface area contributed by atoms with E-state index < -0.39 is 27.8 Å². The number of esters is 1. The van der Waals surface area contributed by atoms with Crippen LogP contribution in [-0.2, 0) is 16.1 Å². The lowest BCUT2D eigenvalue weighted by Crippen LogP contribution is -2.25. The maximum absolute atomic E-state index is 12.5. The molecule has 1 N–H and O–H groups in total. The number of rotatable bonds is 5. The summed E-state index contributed by atoms with van der Waals surface area (Å²) >= 11 is 0. The molecule has 11 heteroatoms. The number of fused-ring (bicyclic) bond motifs is 1. The van der Waals surface area contributed by atoms with Crippen molar-refractivity contribution in [2.45, 2.75) is 13.5 Å². The highest BCUT2D eigenvalue weighted by molar-refractivity contribution is 5.92. The molecule has 154 valence electrons. The van der Waals surface area contributed by atoms with Crippen LogP contribution in [0.2, 0.25) is 0 Å². The van der Waals surface area contributed by atoms with Crippen LogP contribution in [0.15, 0.2) is 50.5 Å². The maximum atomic E-state index is 12.5. The summed E-state index contributed by atoms with van der Waals surface area (Å²) in [5, 5.41) is 14.2. The van der Waals surface area contributed by atoms with Crippen LogP contribution in [0.25, 0.3) is 11.0 Å². The van der Waals surface area contributed by atoms with Gasteiger partial charge in [-0.15, -0.1) is 0 Å². The van der Waals surface area contributed by atoms with Crippen molar-refractivity contribution in [1.82, 2.24) is 4.57 Å². The fourth-order valence-corrected chi connectivity index (χ4v) is 2.92. The van der Waals surface area contributed by atoms with Crippen molar-refractivity contribution in [3.05, 3.63) is 78.5 Å². The first kappa shape index (κ1) is 20.5. The zero-order valence-corrected chi connectivity index (χ0v) is 15.8. The number of benzene rings is 1. The predicted octanol–water partition coefficient (Wildman–Crippen LogP) is 1.66. The van der Waals surface area contributed by atoms with E-state index in [4.69, 9.17) is 4.42 Å². The lowest BCUT2D eigenvalue weighted by molar-refractivity contribution is -0.386. The number of carbonyl (C=O) groups excluding carboxylic acids is 2. The lowest BCUT2D eigenvalue weighted by atomic mass is 10.1. The first-order chi connectivity index (χ1) is 14.2. The highest BCUT2D eigenvalue weighted by Gasteiger charge is 2.21. The van der Waals surface area contributed by atoms with Gasteiger partial charge >= 0.3 is 22.8 Å².